The summed E-state index contributed by atoms with van der Waals surface area (Å²) in [6.45, 7) is 7.28. The van der Waals surface area contributed by atoms with Crippen LogP contribution in [-0.4, -0.2) is 35.3 Å². The Morgan fingerprint density at radius 1 is 1.41 bits per heavy atom. The van der Waals surface area contributed by atoms with Crippen molar-refractivity contribution in [1.82, 2.24) is 20.4 Å². The van der Waals surface area contributed by atoms with Crippen LogP contribution in [0.25, 0.3) is 0 Å². The average molecular weight is 238 g/mol. The second-order valence-corrected chi connectivity index (χ2v) is 4.13. The normalized spacial score (nSPS) is 10.5. The Kier molecular flexibility index (Phi) is 6.32. The van der Waals surface area contributed by atoms with E-state index in [2.05, 4.69) is 22.7 Å². The second-order valence-electron chi connectivity index (χ2n) is 4.13. The molecule has 1 heterocycles. The third-order valence-corrected chi connectivity index (χ3v) is 2.38. The van der Waals surface area contributed by atoms with Crippen molar-refractivity contribution in [2.24, 2.45) is 0 Å². The molecule has 0 bridgehead atoms. The second kappa shape index (κ2) is 7.84. The maximum absolute atomic E-state index is 11.5. The van der Waals surface area contributed by atoms with Crippen molar-refractivity contribution in [1.29, 1.82) is 0 Å². The smallest absolute Gasteiger partial charge is 0.221 e. The number of aryl methyl sites for hydroxylation is 2. The monoisotopic (exact) mass is 238 g/mol. The van der Waals surface area contributed by atoms with Gasteiger partial charge in [0.05, 0.1) is 6.20 Å². The minimum atomic E-state index is 0.0800. The molecule has 1 aromatic heterocycles. The van der Waals surface area contributed by atoms with Crippen LogP contribution in [0.5, 0.6) is 0 Å². The van der Waals surface area contributed by atoms with E-state index in [0.29, 0.717) is 19.5 Å². The molecule has 0 aliphatic heterocycles. The first-order valence-electron chi connectivity index (χ1n) is 6.19. The molecule has 17 heavy (non-hydrogen) atoms. The van der Waals surface area contributed by atoms with Crippen molar-refractivity contribution in [3.8, 4) is 0 Å². The standard InChI is InChI=1S/C12H22N4O/c1-3-5-13-6-7-14-12(17)4-8-16-10-11(2)9-15-16/h9-10,13H,3-8H2,1-2H3,(H,14,17). The van der Waals surface area contributed by atoms with Crippen molar-refractivity contribution in [3.63, 3.8) is 0 Å². The van der Waals surface area contributed by atoms with E-state index < -0.39 is 0 Å². The summed E-state index contributed by atoms with van der Waals surface area (Å²) >= 11 is 0. The highest BCUT2D eigenvalue weighted by Gasteiger charge is 2.01. The van der Waals surface area contributed by atoms with Gasteiger partial charge in [0.1, 0.15) is 0 Å². The summed E-state index contributed by atoms with van der Waals surface area (Å²) in [5, 5.41) is 10.2. The number of amides is 1. The highest BCUT2D eigenvalue weighted by Crippen LogP contribution is 1.95. The molecule has 5 nitrogen and oxygen atoms in total. The van der Waals surface area contributed by atoms with Crippen LogP contribution < -0.4 is 10.6 Å². The molecule has 0 saturated carbocycles. The van der Waals surface area contributed by atoms with E-state index in [1.807, 2.05) is 13.1 Å². The third-order valence-electron chi connectivity index (χ3n) is 2.38. The third kappa shape index (κ3) is 6.06. The summed E-state index contributed by atoms with van der Waals surface area (Å²) in [7, 11) is 0. The van der Waals surface area contributed by atoms with Gasteiger partial charge in [-0.05, 0) is 25.5 Å². The first-order chi connectivity index (χ1) is 8.22. The summed E-state index contributed by atoms with van der Waals surface area (Å²) in [6, 6.07) is 0. The molecule has 0 unspecified atom stereocenters. The largest absolute Gasteiger partial charge is 0.355 e. The van der Waals surface area contributed by atoms with Crippen molar-refractivity contribution in [2.75, 3.05) is 19.6 Å². The lowest BCUT2D eigenvalue weighted by molar-refractivity contribution is -0.121. The van der Waals surface area contributed by atoms with Crippen molar-refractivity contribution >= 4 is 5.91 Å². The van der Waals surface area contributed by atoms with Gasteiger partial charge in [-0.3, -0.25) is 9.48 Å². The highest BCUT2D eigenvalue weighted by molar-refractivity contribution is 5.75. The zero-order chi connectivity index (χ0) is 12.5. The van der Waals surface area contributed by atoms with E-state index >= 15 is 0 Å². The zero-order valence-electron chi connectivity index (χ0n) is 10.7. The van der Waals surface area contributed by atoms with E-state index in [1.165, 1.54) is 0 Å². The Morgan fingerprint density at radius 2 is 2.24 bits per heavy atom. The van der Waals surface area contributed by atoms with Crippen LogP contribution in [0.4, 0.5) is 0 Å². The van der Waals surface area contributed by atoms with Crippen molar-refractivity contribution in [3.05, 3.63) is 18.0 Å². The number of nitrogens with zero attached hydrogens (tertiary/aromatic N) is 2. The molecule has 5 heteroatoms. The summed E-state index contributed by atoms with van der Waals surface area (Å²) < 4.78 is 1.80. The molecular formula is C12H22N4O. The molecule has 2 N–H and O–H groups in total. The van der Waals surface area contributed by atoms with Gasteiger partial charge in [-0.25, -0.2) is 0 Å². The van der Waals surface area contributed by atoms with Crippen molar-refractivity contribution in [2.45, 2.75) is 33.2 Å². The Balaban J connectivity index is 2.05. The summed E-state index contributed by atoms with van der Waals surface area (Å²) in [5.41, 5.74) is 1.12. The number of carbonyl (C=O) groups excluding carboxylic acids is 1. The summed E-state index contributed by atoms with van der Waals surface area (Å²) in [5.74, 6) is 0.0800. The van der Waals surface area contributed by atoms with E-state index in [1.54, 1.807) is 10.9 Å². The molecule has 1 rings (SSSR count). The Morgan fingerprint density at radius 3 is 2.88 bits per heavy atom. The number of carbonyl (C=O) groups is 1. The molecule has 0 spiro atoms. The molecule has 96 valence electrons. The Hall–Kier alpha value is -1.36. The first kappa shape index (κ1) is 13.7. The van der Waals surface area contributed by atoms with Gasteiger partial charge in [-0.15, -0.1) is 0 Å². The van der Waals surface area contributed by atoms with Gasteiger partial charge < -0.3 is 10.6 Å². The number of hydrogen-bond donors (Lipinski definition) is 2. The van der Waals surface area contributed by atoms with Gasteiger partial charge in [0.25, 0.3) is 0 Å². The molecule has 0 saturated heterocycles. The van der Waals surface area contributed by atoms with Gasteiger partial charge >= 0.3 is 0 Å². The quantitative estimate of drug-likeness (QED) is 0.655. The molecule has 1 amide bonds. The van der Waals surface area contributed by atoms with Crippen LogP contribution in [-0.2, 0) is 11.3 Å². The summed E-state index contributed by atoms with van der Waals surface area (Å²) in [6.07, 6.45) is 5.34. The Labute approximate surface area is 103 Å². The number of hydrogen-bond acceptors (Lipinski definition) is 3. The lowest BCUT2D eigenvalue weighted by Gasteiger charge is -2.06. The fourth-order valence-electron chi connectivity index (χ4n) is 1.49. The first-order valence-corrected chi connectivity index (χ1v) is 6.19. The number of aromatic nitrogens is 2. The fourth-order valence-corrected chi connectivity index (χ4v) is 1.49. The lowest BCUT2D eigenvalue weighted by atomic mass is 10.4. The highest BCUT2D eigenvalue weighted by atomic mass is 16.1. The van der Waals surface area contributed by atoms with E-state index in [9.17, 15) is 4.79 Å². The van der Waals surface area contributed by atoms with E-state index in [-0.39, 0.29) is 5.91 Å². The molecule has 0 aromatic carbocycles. The SMILES string of the molecule is CCCNCCNC(=O)CCn1cc(C)cn1. The molecule has 0 atom stereocenters. The van der Waals surface area contributed by atoms with Crippen LogP contribution in [0.1, 0.15) is 25.3 Å². The Bertz CT molecular complexity index is 335. The zero-order valence-corrected chi connectivity index (χ0v) is 10.7. The predicted molar refractivity (Wildman–Crippen MR) is 67.8 cm³/mol. The fraction of sp³-hybridized carbons (Fsp3) is 0.667. The van der Waals surface area contributed by atoms with Gasteiger partial charge in [0.15, 0.2) is 0 Å². The van der Waals surface area contributed by atoms with E-state index in [0.717, 1.165) is 25.1 Å². The summed E-state index contributed by atoms with van der Waals surface area (Å²) in [4.78, 5) is 11.5. The van der Waals surface area contributed by atoms with Crippen LogP contribution in [0.3, 0.4) is 0 Å². The molecule has 0 radical (unpaired) electrons. The van der Waals surface area contributed by atoms with Crippen LogP contribution in [0.2, 0.25) is 0 Å². The van der Waals surface area contributed by atoms with Crippen LogP contribution in [0.15, 0.2) is 12.4 Å². The number of nitrogens with one attached hydrogen (secondary N) is 2. The van der Waals surface area contributed by atoms with Crippen LogP contribution >= 0.6 is 0 Å². The van der Waals surface area contributed by atoms with Gasteiger partial charge in [0, 0.05) is 32.3 Å². The van der Waals surface area contributed by atoms with Gasteiger partial charge in [-0.1, -0.05) is 6.92 Å². The maximum atomic E-state index is 11.5. The maximum Gasteiger partial charge on any atom is 0.221 e. The number of rotatable bonds is 8. The minimum absolute atomic E-state index is 0.0800. The molecule has 0 fully saturated rings. The van der Waals surface area contributed by atoms with E-state index in [4.69, 9.17) is 0 Å². The van der Waals surface area contributed by atoms with Crippen LogP contribution in [0, 0.1) is 6.92 Å². The molecule has 0 aliphatic carbocycles. The van der Waals surface area contributed by atoms with Crippen molar-refractivity contribution < 1.29 is 4.79 Å². The minimum Gasteiger partial charge on any atom is -0.355 e. The predicted octanol–water partition coefficient (Wildman–Crippen LogP) is 0.697. The lowest BCUT2D eigenvalue weighted by Crippen LogP contribution is -2.32. The molecule has 0 aliphatic rings. The topological polar surface area (TPSA) is 58.9 Å². The molecule has 1 aromatic rings. The van der Waals surface area contributed by atoms with Gasteiger partial charge in [-0.2, -0.15) is 5.10 Å². The van der Waals surface area contributed by atoms with Gasteiger partial charge in [0.2, 0.25) is 5.91 Å². The molecular weight excluding hydrogens is 216 g/mol. The average Bonchev–Trinajstić information content (AvgIpc) is 2.72.